The molecule has 0 atom stereocenters. The summed E-state index contributed by atoms with van der Waals surface area (Å²) in [5, 5.41) is 3.83. The molecule has 0 amide bonds. The quantitative estimate of drug-likeness (QED) is 0.854. The highest BCUT2D eigenvalue weighted by Crippen LogP contribution is 2.32. The maximum absolute atomic E-state index is 14.1. The third-order valence-corrected chi connectivity index (χ3v) is 3.79. The number of nitrogens with one attached hydrogen (secondary N) is 1. The van der Waals surface area contributed by atoms with Gasteiger partial charge in [0.1, 0.15) is 5.75 Å². The third-order valence-electron chi connectivity index (χ3n) is 3.48. The van der Waals surface area contributed by atoms with Crippen molar-refractivity contribution < 1.29 is 9.13 Å². The van der Waals surface area contributed by atoms with Gasteiger partial charge in [0.2, 0.25) is 0 Å². The van der Waals surface area contributed by atoms with Gasteiger partial charge < -0.3 is 10.1 Å². The molecule has 1 aliphatic rings. The number of aryl methyl sites for hydroxylation is 1. The van der Waals surface area contributed by atoms with E-state index in [1.165, 1.54) is 18.9 Å². The van der Waals surface area contributed by atoms with E-state index in [1.54, 1.807) is 18.2 Å². The first kappa shape index (κ1) is 14.4. The molecule has 1 fully saturated rings. The number of halogens is 2. The summed E-state index contributed by atoms with van der Waals surface area (Å²) < 4.78 is 19.7. The molecule has 0 saturated heterocycles. The average Bonchev–Trinajstić information content (AvgIpc) is 3.27. The van der Waals surface area contributed by atoms with E-state index in [0.717, 1.165) is 11.1 Å². The molecule has 4 heteroatoms. The van der Waals surface area contributed by atoms with Crippen LogP contribution in [0.1, 0.15) is 24.0 Å². The van der Waals surface area contributed by atoms with Crippen LogP contribution in [0.15, 0.2) is 36.4 Å². The van der Waals surface area contributed by atoms with Gasteiger partial charge in [-0.1, -0.05) is 23.7 Å². The average molecular weight is 306 g/mol. The van der Waals surface area contributed by atoms with Crippen LogP contribution in [0.25, 0.3) is 0 Å². The maximum Gasteiger partial charge on any atom is 0.166 e. The van der Waals surface area contributed by atoms with Gasteiger partial charge in [-0.3, -0.25) is 0 Å². The number of rotatable bonds is 5. The standard InChI is InChI=1S/C17H17ClFNO/c1-11-2-6-14(18)17(8-11)21-16-7-3-12(9-15(16)19)10-20-13-4-5-13/h2-3,6-9,13,20H,4-5,10H2,1H3. The molecule has 2 aromatic rings. The summed E-state index contributed by atoms with van der Waals surface area (Å²) in [4.78, 5) is 0. The first-order valence-corrected chi connectivity index (χ1v) is 7.45. The fraction of sp³-hybridized carbons (Fsp3) is 0.294. The van der Waals surface area contributed by atoms with E-state index in [-0.39, 0.29) is 11.6 Å². The molecule has 21 heavy (non-hydrogen) atoms. The van der Waals surface area contributed by atoms with Crippen LogP contribution >= 0.6 is 11.6 Å². The molecule has 110 valence electrons. The molecule has 0 spiro atoms. The van der Waals surface area contributed by atoms with Gasteiger partial charge >= 0.3 is 0 Å². The molecule has 0 aromatic heterocycles. The van der Waals surface area contributed by atoms with Gasteiger partial charge in [-0.2, -0.15) is 0 Å². The van der Waals surface area contributed by atoms with Gasteiger partial charge in [-0.15, -0.1) is 0 Å². The number of hydrogen-bond donors (Lipinski definition) is 1. The maximum atomic E-state index is 14.1. The Morgan fingerprint density at radius 2 is 2.00 bits per heavy atom. The van der Waals surface area contributed by atoms with Crippen LogP contribution in [0, 0.1) is 12.7 Å². The first-order chi connectivity index (χ1) is 10.1. The van der Waals surface area contributed by atoms with Crippen molar-refractivity contribution in [2.75, 3.05) is 0 Å². The summed E-state index contributed by atoms with van der Waals surface area (Å²) in [6, 6.07) is 11.1. The summed E-state index contributed by atoms with van der Waals surface area (Å²) >= 11 is 6.06. The van der Waals surface area contributed by atoms with Crippen molar-refractivity contribution in [3.8, 4) is 11.5 Å². The van der Waals surface area contributed by atoms with E-state index >= 15 is 0 Å². The molecule has 0 heterocycles. The molecule has 0 aliphatic heterocycles. The molecular weight excluding hydrogens is 289 g/mol. The van der Waals surface area contributed by atoms with Crippen LogP contribution in [0.5, 0.6) is 11.5 Å². The summed E-state index contributed by atoms with van der Waals surface area (Å²) in [5.74, 6) is 0.291. The Hall–Kier alpha value is -1.58. The fourth-order valence-electron chi connectivity index (χ4n) is 2.09. The molecule has 0 bridgehead atoms. The largest absolute Gasteiger partial charge is 0.453 e. The zero-order chi connectivity index (χ0) is 14.8. The van der Waals surface area contributed by atoms with Crippen molar-refractivity contribution in [3.63, 3.8) is 0 Å². The molecule has 1 saturated carbocycles. The molecule has 1 N–H and O–H groups in total. The lowest BCUT2D eigenvalue weighted by molar-refractivity contribution is 0.441. The van der Waals surface area contributed by atoms with E-state index < -0.39 is 0 Å². The minimum absolute atomic E-state index is 0.192. The Labute approximate surface area is 128 Å². The third kappa shape index (κ3) is 3.74. The minimum Gasteiger partial charge on any atom is -0.453 e. The summed E-state index contributed by atoms with van der Waals surface area (Å²) in [6.07, 6.45) is 2.44. The second-order valence-electron chi connectivity index (χ2n) is 5.46. The van der Waals surface area contributed by atoms with E-state index in [4.69, 9.17) is 16.3 Å². The number of benzene rings is 2. The van der Waals surface area contributed by atoms with E-state index in [9.17, 15) is 4.39 Å². The monoisotopic (exact) mass is 305 g/mol. The van der Waals surface area contributed by atoms with Crippen molar-refractivity contribution in [1.29, 1.82) is 0 Å². The molecule has 2 aromatic carbocycles. The van der Waals surface area contributed by atoms with Crippen molar-refractivity contribution in [3.05, 3.63) is 58.4 Å². The van der Waals surface area contributed by atoms with Crippen molar-refractivity contribution in [1.82, 2.24) is 5.32 Å². The lowest BCUT2D eigenvalue weighted by atomic mass is 10.2. The second kappa shape index (κ2) is 6.04. The zero-order valence-corrected chi connectivity index (χ0v) is 12.6. The highest BCUT2D eigenvalue weighted by Gasteiger charge is 2.20. The van der Waals surface area contributed by atoms with Crippen molar-refractivity contribution >= 4 is 11.6 Å². The van der Waals surface area contributed by atoms with E-state index in [2.05, 4.69) is 5.32 Å². The lowest BCUT2D eigenvalue weighted by Crippen LogP contribution is -2.15. The van der Waals surface area contributed by atoms with Crippen LogP contribution in [-0.2, 0) is 6.54 Å². The smallest absolute Gasteiger partial charge is 0.166 e. The fourth-order valence-corrected chi connectivity index (χ4v) is 2.25. The summed E-state index contributed by atoms with van der Waals surface area (Å²) in [7, 11) is 0. The topological polar surface area (TPSA) is 21.3 Å². The van der Waals surface area contributed by atoms with E-state index in [0.29, 0.717) is 23.4 Å². The predicted octanol–water partition coefficient (Wildman–Crippen LogP) is 4.83. The molecular formula is C17H17ClFNO. The zero-order valence-electron chi connectivity index (χ0n) is 11.8. The van der Waals surface area contributed by atoms with Crippen LogP contribution in [-0.4, -0.2) is 6.04 Å². The molecule has 0 unspecified atom stereocenters. The van der Waals surface area contributed by atoms with Gasteiger partial charge in [-0.25, -0.2) is 4.39 Å². The van der Waals surface area contributed by atoms with Gasteiger partial charge in [0.05, 0.1) is 5.02 Å². The van der Waals surface area contributed by atoms with Crippen LogP contribution < -0.4 is 10.1 Å². The molecule has 3 rings (SSSR count). The van der Waals surface area contributed by atoms with Crippen molar-refractivity contribution in [2.45, 2.75) is 32.4 Å². The lowest BCUT2D eigenvalue weighted by Gasteiger charge is -2.10. The molecule has 2 nitrogen and oxygen atoms in total. The van der Waals surface area contributed by atoms with Gasteiger partial charge in [0, 0.05) is 12.6 Å². The SMILES string of the molecule is Cc1ccc(Cl)c(Oc2ccc(CNC3CC3)cc2F)c1. The minimum atomic E-state index is -0.373. The van der Waals surface area contributed by atoms with E-state index in [1.807, 2.05) is 19.1 Å². The molecule has 0 radical (unpaired) electrons. The Morgan fingerprint density at radius 3 is 2.71 bits per heavy atom. The Balaban J connectivity index is 1.74. The first-order valence-electron chi connectivity index (χ1n) is 7.07. The molecule has 1 aliphatic carbocycles. The van der Waals surface area contributed by atoms with Crippen LogP contribution in [0.4, 0.5) is 4.39 Å². The number of ether oxygens (including phenoxy) is 1. The highest BCUT2D eigenvalue weighted by molar-refractivity contribution is 6.32. The Morgan fingerprint density at radius 1 is 1.19 bits per heavy atom. The Bertz CT molecular complexity index is 655. The normalized spacial score (nSPS) is 14.2. The predicted molar refractivity (Wildman–Crippen MR) is 82.5 cm³/mol. The van der Waals surface area contributed by atoms with Gasteiger partial charge in [0.15, 0.2) is 11.6 Å². The highest BCUT2D eigenvalue weighted by atomic mass is 35.5. The summed E-state index contributed by atoms with van der Waals surface area (Å²) in [6.45, 7) is 2.62. The van der Waals surface area contributed by atoms with Gasteiger partial charge in [0.25, 0.3) is 0 Å². The number of hydrogen-bond acceptors (Lipinski definition) is 2. The van der Waals surface area contributed by atoms with Crippen molar-refractivity contribution in [2.24, 2.45) is 0 Å². The van der Waals surface area contributed by atoms with Crippen LogP contribution in [0.3, 0.4) is 0 Å². The van der Waals surface area contributed by atoms with Gasteiger partial charge in [-0.05, 0) is 55.2 Å². The summed E-state index contributed by atoms with van der Waals surface area (Å²) in [5.41, 5.74) is 1.93. The second-order valence-corrected chi connectivity index (χ2v) is 5.86. The van der Waals surface area contributed by atoms with Crippen LogP contribution in [0.2, 0.25) is 5.02 Å². The Kier molecular flexibility index (Phi) is 4.13.